The summed E-state index contributed by atoms with van der Waals surface area (Å²) in [6.45, 7) is 17.4. The molecule has 12 atom stereocenters. The highest BCUT2D eigenvalue weighted by molar-refractivity contribution is 5.75. The van der Waals surface area contributed by atoms with Crippen LogP contribution >= 0.6 is 0 Å². The van der Waals surface area contributed by atoms with Gasteiger partial charge in [0.25, 0.3) is 0 Å². The van der Waals surface area contributed by atoms with E-state index in [1.54, 1.807) is 0 Å². The average molecular weight is 621 g/mol. The molecule has 8 aliphatic carbocycles. The van der Waals surface area contributed by atoms with Gasteiger partial charge in [0.05, 0.1) is 16.4 Å². The second-order valence-electron chi connectivity index (χ2n) is 19.0. The molecule has 8 rings (SSSR count). The molecule has 0 heterocycles. The Kier molecular flexibility index (Phi) is 7.07. The summed E-state index contributed by atoms with van der Waals surface area (Å²) < 4.78 is 0. The fourth-order valence-corrected chi connectivity index (χ4v) is 15.2. The largest absolute Gasteiger partial charge is 0.481 e. The van der Waals surface area contributed by atoms with Crippen molar-refractivity contribution in [3.05, 3.63) is 24.3 Å². The predicted molar refractivity (Wildman–Crippen MR) is 176 cm³/mol. The lowest BCUT2D eigenvalue weighted by molar-refractivity contribution is -0.186. The molecular formula is C40H60O5. The van der Waals surface area contributed by atoms with Crippen LogP contribution in [0.1, 0.15) is 143 Å². The third kappa shape index (κ3) is 4.19. The van der Waals surface area contributed by atoms with Gasteiger partial charge < -0.3 is 15.3 Å². The molecule has 2 spiro atoms. The topological polar surface area (TPSA) is 94.8 Å². The van der Waals surface area contributed by atoms with Crippen molar-refractivity contribution in [3.8, 4) is 0 Å². The fraction of sp³-hybridized carbons (Fsp3) is 0.850. The summed E-state index contributed by atoms with van der Waals surface area (Å²) in [4.78, 5) is 24.1. The third-order valence-corrected chi connectivity index (χ3v) is 17.2. The summed E-state index contributed by atoms with van der Waals surface area (Å²) in [5.74, 6) is 1.53. The number of aliphatic carboxylic acids is 2. The lowest BCUT2D eigenvalue weighted by atomic mass is 9.41. The molecule has 8 saturated carbocycles. The maximum atomic E-state index is 12.0. The molecule has 45 heavy (non-hydrogen) atoms. The molecule has 0 saturated heterocycles. The SMILES string of the molecule is C=C1C[C@@]23CCC4[C@@](C)(CCC[C@@]4(C)C(=O)O)C2CC[C@@H]1C3.C=C1C[C@@]23CCC4[C@@](C)(CCC[C@@]4(C)C(=O)O)C2CC[C@]1(O)C3. The molecule has 0 aromatic rings. The minimum Gasteiger partial charge on any atom is -0.481 e. The number of allylic oxidation sites excluding steroid dienone is 1. The quantitative estimate of drug-likeness (QED) is 0.268. The van der Waals surface area contributed by atoms with Gasteiger partial charge in [0.2, 0.25) is 0 Å². The van der Waals surface area contributed by atoms with Crippen molar-refractivity contribution in [2.75, 3.05) is 0 Å². The Morgan fingerprint density at radius 1 is 0.644 bits per heavy atom. The van der Waals surface area contributed by atoms with Crippen molar-refractivity contribution >= 4 is 11.9 Å². The van der Waals surface area contributed by atoms with Gasteiger partial charge in [0, 0.05) is 0 Å². The molecule has 0 radical (unpaired) electrons. The number of aliphatic hydroxyl groups is 1. The molecular weight excluding hydrogens is 560 g/mol. The van der Waals surface area contributed by atoms with Crippen molar-refractivity contribution in [3.63, 3.8) is 0 Å². The normalized spacial score (nSPS) is 54.5. The van der Waals surface area contributed by atoms with Gasteiger partial charge in [-0.3, -0.25) is 9.59 Å². The van der Waals surface area contributed by atoms with Crippen molar-refractivity contribution in [1.82, 2.24) is 0 Å². The molecule has 4 unspecified atom stereocenters. The van der Waals surface area contributed by atoms with Gasteiger partial charge in [-0.05, 0) is 173 Å². The molecule has 3 N–H and O–H groups in total. The molecule has 0 amide bonds. The highest BCUT2D eigenvalue weighted by atomic mass is 16.4. The average Bonchev–Trinajstić information content (AvgIpc) is 3.30. The van der Waals surface area contributed by atoms with Gasteiger partial charge in [-0.25, -0.2) is 0 Å². The first-order valence-corrected chi connectivity index (χ1v) is 18.5. The van der Waals surface area contributed by atoms with Crippen molar-refractivity contribution in [2.45, 2.75) is 149 Å². The number of rotatable bonds is 2. The lowest BCUT2D eigenvalue weighted by Gasteiger charge is -2.63. The van der Waals surface area contributed by atoms with E-state index in [4.69, 9.17) is 0 Å². The van der Waals surface area contributed by atoms with E-state index in [9.17, 15) is 24.9 Å². The van der Waals surface area contributed by atoms with E-state index >= 15 is 0 Å². The number of carbonyl (C=O) groups is 2. The van der Waals surface area contributed by atoms with Gasteiger partial charge >= 0.3 is 11.9 Å². The van der Waals surface area contributed by atoms with E-state index in [2.05, 4.69) is 27.0 Å². The van der Waals surface area contributed by atoms with Crippen LogP contribution in [0.3, 0.4) is 0 Å². The van der Waals surface area contributed by atoms with Gasteiger partial charge in [0.15, 0.2) is 0 Å². The molecule has 0 aromatic heterocycles. The number of hydrogen-bond acceptors (Lipinski definition) is 3. The first-order valence-electron chi connectivity index (χ1n) is 18.5. The van der Waals surface area contributed by atoms with E-state index in [0.29, 0.717) is 17.3 Å². The Morgan fingerprint density at radius 2 is 1.16 bits per heavy atom. The van der Waals surface area contributed by atoms with Crippen LogP contribution in [0.15, 0.2) is 24.3 Å². The summed E-state index contributed by atoms with van der Waals surface area (Å²) in [5, 5.41) is 30.7. The zero-order valence-corrected chi connectivity index (χ0v) is 28.7. The second kappa shape index (κ2) is 9.95. The molecule has 4 bridgehead atoms. The first-order chi connectivity index (χ1) is 21.0. The van der Waals surface area contributed by atoms with Gasteiger partial charge in [-0.2, -0.15) is 0 Å². The minimum absolute atomic E-state index is 0.107. The number of hydrogen-bond donors (Lipinski definition) is 3. The van der Waals surface area contributed by atoms with Crippen LogP contribution in [0, 0.1) is 62.1 Å². The Hall–Kier alpha value is -1.62. The Balaban J connectivity index is 0.000000145. The summed E-state index contributed by atoms with van der Waals surface area (Å²) >= 11 is 0. The zero-order valence-electron chi connectivity index (χ0n) is 28.7. The molecule has 8 aliphatic rings. The van der Waals surface area contributed by atoms with Crippen LogP contribution in [0.4, 0.5) is 0 Å². The maximum Gasteiger partial charge on any atom is 0.309 e. The maximum absolute atomic E-state index is 12.0. The standard InChI is InChI=1S/C20H30O3.C20H30O2/c1-13-11-19-9-5-14-17(2,7-4-8-18(14,3)16(21)22)15(19)6-10-20(13,23)12-19;1-13-11-20-10-7-15-18(2,16(20)6-5-14(13)12-20)8-4-9-19(15,3)17(21)22/h14-15,23H,1,4-12H2,2-3H3,(H,21,22);14-16H,1,4-12H2,2-3H3,(H,21,22)/t14?,15?,17-,18-,19-,20+;14-,15?,16?,18-,19-,20-/m11/s1. The van der Waals surface area contributed by atoms with Gasteiger partial charge in [-0.15, -0.1) is 0 Å². The molecule has 0 aromatic carbocycles. The summed E-state index contributed by atoms with van der Waals surface area (Å²) in [7, 11) is 0. The Morgan fingerprint density at radius 3 is 1.71 bits per heavy atom. The van der Waals surface area contributed by atoms with Crippen molar-refractivity contribution in [2.24, 2.45) is 62.1 Å². The third-order valence-electron chi connectivity index (χ3n) is 17.2. The first kappa shape index (κ1) is 32.0. The van der Waals surface area contributed by atoms with Crippen LogP contribution in [0.2, 0.25) is 0 Å². The van der Waals surface area contributed by atoms with Crippen LogP contribution in [-0.4, -0.2) is 32.9 Å². The Labute approximate surface area is 271 Å². The minimum atomic E-state index is -0.634. The molecule has 8 fully saturated rings. The summed E-state index contributed by atoms with van der Waals surface area (Å²) in [6, 6.07) is 0. The molecule has 5 heteroatoms. The fourth-order valence-electron chi connectivity index (χ4n) is 15.2. The van der Waals surface area contributed by atoms with Crippen LogP contribution in [0.5, 0.6) is 0 Å². The van der Waals surface area contributed by atoms with E-state index in [-0.39, 0.29) is 22.2 Å². The van der Waals surface area contributed by atoms with Gasteiger partial charge in [0.1, 0.15) is 0 Å². The lowest BCUT2D eigenvalue weighted by Crippen LogP contribution is -2.59. The van der Waals surface area contributed by atoms with E-state index in [0.717, 1.165) is 94.5 Å². The second-order valence-corrected chi connectivity index (χ2v) is 19.0. The van der Waals surface area contributed by atoms with Gasteiger partial charge in [-0.1, -0.05) is 45.4 Å². The molecule has 250 valence electrons. The number of carboxylic acids is 2. The van der Waals surface area contributed by atoms with E-state index in [1.165, 1.54) is 44.1 Å². The highest BCUT2D eigenvalue weighted by Crippen LogP contribution is 2.74. The summed E-state index contributed by atoms with van der Waals surface area (Å²) in [5.41, 5.74) is 1.84. The summed E-state index contributed by atoms with van der Waals surface area (Å²) in [6.07, 6.45) is 19.5. The Bertz CT molecular complexity index is 1320. The zero-order chi connectivity index (χ0) is 32.4. The van der Waals surface area contributed by atoms with Crippen LogP contribution in [-0.2, 0) is 9.59 Å². The molecule has 5 nitrogen and oxygen atoms in total. The smallest absolute Gasteiger partial charge is 0.309 e. The van der Waals surface area contributed by atoms with Crippen LogP contribution < -0.4 is 0 Å². The predicted octanol–water partition coefficient (Wildman–Crippen LogP) is 9.20. The monoisotopic (exact) mass is 620 g/mol. The number of fused-ring (bicyclic) bond motifs is 6. The van der Waals surface area contributed by atoms with Crippen molar-refractivity contribution < 1.29 is 24.9 Å². The van der Waals surface area contributed by atoms with Crippen LogP contribution in [0.25, 0.3) is 0 Å². The van der Waals surface area contributed by atoms with E-state index in [1.807, 2.05) is 13.8 Å². The molecule has 0 aliphatic heterocycles. The highest BCUT2D eigenvalue weighted by Gasteiger charge is 2.68. The van der Waals surface area contributed by atoms with E-state index < -0.39 is 28.4 Å². The number of carboxylic acid groups (broad SMARTS) is 2. The van der Waals surface area contributed by atoms with Crippen molar-refractivity contribution in [1.29, 1.82) is 0 Å².